The fourth-order valence-corrected chi connectivity index (χ4v) is 1.54. The van der Waals surface area contributed by atoms with Crippen LogP contribution in [0.1, 0.15) is 20.3 Å². The van der Waals surface area contributed by atoms with Crippen LogP contribution < -0.4 is 0 Å². The van der Waals surface area contributed by atoms with E-state index in [4.69, 9.17) is 14.9 Å². The fraction of sp³-hybridized carbons (Fsp3) is 0.900. The predicted molar refractivity (Wildman–Crippen MR) is 54.0 cm³/mol. The van der Waals surface area contributed by atoms with Gasteiger partial charge in [0.1, 0.15) is 12.8 Å². The second kappa shape index (κ2) is 4.92. The molecule has 15 heavy (non-hydrogen) atoms. The topological polar surface area (TPSA) is 70.0 Å². The van der Waals surface area contributed by atoms with Crippen LogP contribution in [0.5, 0.6) is 0 Å². The van der Waals surface area contributed by atoms with Gasteiger partial charge in [-0.2, -0.15) is 0 Å². The molecule has 1 heterocycles. The number of aliphatic hydroxyl groups excluding tert-OH is 2. The van der Waals surface area contributed by atoms with Gasteiger partial charge in [-0.15, -0.1) is 0 Å². The summed E-state index contributed by atoms with van der Waals surface area (Å²) < 4.78 is 5.37. The van der Waals surface area contributed by atoms with Crippen molar-refractivity contribution in [3.05, 3.63) is 0 Å². The van der Waals surface area contributed by atoms with E-state index in [2.05, 4.69) is 0 Å². The monoisotopic (exact) mass is 217 g/mol. The molecule has 1 atom stereocenters. The van der Waals surface area contributed by atoms with Gasteiger partial charge >= 0.3 is 0 Å². The van der Waals surface area contributed by atoms with Crippen LogP contribution in [0.15, 0.2) is 0 Å². The van der Waals surface area contributed by atoms with Crippen molar-refractivity contribution in [2.24, 2.45) is 5.41 Å². The molecule has 0 aliphatic carbocycles. The Bertz CT molecular complexity index is 229. The highest BCUT2D eigenvalue weighted by atomic mass is 16.5. The number of aliphatic hydroxyl groups is 2. The molecule has 0 saturated carbocycles. The standard InChI is InChI=1S/C10H19NO4/c1-10(2,6-13)8-9(14)11(7-15-8)4-3-5-12/h8,12-13H,3-7H2,1-2H3. The number of carbonyl (C=O) groups is 1. The molecule has 2 N–H and O–H groups in total. The van der Waals surface area contributed by atoms with Crippen LogP contribution >= 0.6 is 0 Å². The van der Waals surface area contributed by atoms with E-state index in [0.717, 1.165) is 0 Å². The van der Waals surface area contributed by atoms with Gasteiger partial charge in [-0.05, 0) is 6.42 Å². The average molecular weight is 217 g/mol. The number of carbonyl (C=O) groups excluding carboxylic acids is 1. The molecule has 1 fully saturated rings. The molecule has 88 valence electrons. The van der Waals surface area contributed by atoms with Crippen molar-refractivity contribution in [3.8, 4) is 0 Å². The maximum Gasteiger partial charge on any atom is 0.254 e. The second-order valence-corrected chi connectivity index (χ2v) is 4.50. The Morgan fingerprint density at radius 2 is 2.20 bits per heavy atom. The number of rotatable bonds is 5. The lowest BCUT2D eigenvalue weighted by molar-refractivity contribution is -0.135. The van der Waals surface area contributed by atoms with Crippen molar-refractivity contribution in [2.75, 3.05) is 26.5 Å². The number of amides is 1. The molecule has 0 spiro atoms. The lowest BCUT2D eigenvalue weighted by atomic mass is 9.87. The lowest BCUT2D eigenvalue weighted by Crippen LogP contribution is -2.41. The molecule has 1 saturated heterocycles. The van der Waals surface area contributed by atoms with Crippen molar-refractivity contribution in [1.29, 1.82) is 0 Å². The highest BCUT2D eigenvalue weighted by molar-refractivity contribution is 5.83. The summed E-state index contributed by atoms with van der Waals surface area (Å²) in [7, 11) is 0. The number of hydrogen-bond donors (Lipinski definition) is 2. The summed E-state index contributed by atoms with van der Waals surface area (Å²) in [6, 6.07) is 0. The third-order valence-electron chi connectivity index (χ3n) is 2.64. The van der Waals surface area contributed by atoms with E-state index in [9.17, 15) is 4.79 Å². The molecule has 1 aliphatic heterocycles. The summed E-state index contributed by atoms with van der Waals surface area (Å²) in [5.74, 6) is -0.0949. The van der Waals surface area contributed by atoms with E-state index < -0.39 is 11.5 Å². The number of nitrogens with zero attached hydrogens (tertiary/aromatic N) is 1. The molecule has 1 unspecified atom stereocenters. The Labute approximate surface area is 89.6 Å². The molecule has 0 aromatic carbocycles. The van der Waals surface area contributed by atoms with Gasteiger partial charge < -0.3 is 19.8 Å². The van der Waals surface area contributed by atoms with Crippen molar-refractivity contribution < 1.29 is 19.7 Å². The summed E-state index contributed by atoms with van der Waals surface area (Å²) >= 11 is 0. The Morgan fingerprint density at radius 1 is 1.53 bits per heavy atom. The first kappa shape index (κ1) is 12.4. The molecule has 1 amide bonds. The van der Waals surface area contributed by atoms with Gasteiger partial charge in [0.05, 0.1) is 6.61 Å². The first-order chi connectivity index (χ1) is 7.03. The highest BCUT2D eigenvalue weighted by Gasteiger charge is 2.42. The zero-order valence-corrected chi connectivity index (χ0v) is 9.27. The maximum atomic E-state index is 11.8. The van der Waals surface area contributed by atoms with Crippen LogP contribution in [-0.2, 0) is 9.53 Å². The first-order valence-corrected chi connectivity index (χ1v) is 5.15. The summed E-state index contributed by atoms with van der Waals surface area (Å²) in [5, 5.41) is 17.8. The minimum Gasteiger partial charge on any atom is -0.396 e. The Hall–Kier alpha value is -0.650. The zero-order valence-electron chi connectivity index (χ0n) is 9.27. The first-order valence-electron chi connectivity index (χ1n) is 5.15. The van der Waals surface area contributed by atoms with E-state index in [-0.39, 0.29) is 25.9 Å². The summed E-state index contributed by atoms with van der Waals surface area (Å²) in [5.41, 5.74) is -0.551. The largest absolute Gasteiger partial charge is 0.396 e. The fourth-order valence-electron chi connectivity index (χ4n) is 1.54. The lowest BCUT2D eigenvalue weighted by Gasteiger charge is -2.26. The van der Waals surface area contributed by atoms with Crippen LogP contribution in [0.4, 0.5) is 0 Å². The van der Waals surface area contributed by atoms with E-state index in [1.54, 1.807) is 18.7 Å². The SMILES string of the molecule is CC(C)(CO)C1OCN(CCCO)C1=O. The van der Waals surface area contributed by atoms with Gasteiger partial charge in [-0.25, -0.2) is 0 Å². The van der Waals surface area contributed by atoms with Crippen molar-refractivity contribution >= 4 is 5.91 Å². The van der Waals surface area contributed by atoms with Crippen molar-refractivity contribution in [2.45, 2.75) is 26.4 Å². The zero-order chi connectivity index (χ0) is 11.5. The smallest absolute Gasteiger partial charge is 0.254 e. The quantitative estimate of drug-likeness (QED) is 0.655. The molecule has 5 heteroatoms. The van der Waals surface area contributed by atoms with E-state index in [1.807, 2.05) is 0 Å². The maximum absolute atomic E-state index is 11.8. The third kappa shape index (κ3) is 2.68. The van der Waals surface area contributed by atoms with Crippen LogP contribution in [-0.4, -0.2) is 53.6 Å². The van der Waals surface area contributed by atoms with Gasteiger partial charge in [-0.3, -0.25) is 4.79 Å². The van der Waals surface area contributed by atoms with Crippen LogP contribution in [0.2, 0.25) is 0 Å². The van der Waals surface area contributed by atoms with Gasteiger partial charge in [0.15, 0.2) is 0 Å². The molecular weight excluding hydrogens is 198 g/mol. The van der Waals surface area contributed by atoms with Crippen LogP contribution in [0.3, 0.4) is 0 Å². The number of hydrogen-bond acceptors (Lipinski definition) is 4. The summed E-state index contributed by atoms with van der Waals surface area (Å²) in [4.78, 5) is 13.4. The molecule has 5 nitrogen and oxygen atoms in total. The second-order valence-electron chi connectivity index (χ2n) is 4.50. The van der Waals surface area contributed by atoms with Gasteiger partial charge in [0.2, 0.25) is 0 Å². The van der Waals surface area contributed by atoms with E-state index in [0.29, 0.717) is 13.0 Å². The van der Waals surface area contributed by atoms with E-state index >= 15 is 0 Å². The van der Waals surface area contributed by atoms with Gasteiger partial charge in [0, 0.05) is 18.6 Å². The van der Waals surface area contributed by atoms with Crippen molar-refractivity contribution in [1.82, 2.24) is 4.90 Å². The Balaban J connectivity index is 2.56. The molecule has 0 aromatic heterocycles. The molecule has 1 aliphatic rings. The Morgan fingerprint density at radius 3 is 2.73 bits per heavy atom. The summed E-state index contributed by atoms with van der Waals surface area (Å²) in [6.45, 7) is 4.34. The average Bonchev–Trinajstić information content (AvgIpc) is 2.57. The Kier molecular flexibility index (Phi) is 4.07. The minimum absolute atomic E-state index is 0.0673. The minimum atomic E-state index is -0.568. The van der Waals surface area contributed by atoms with Crippen LogP contribution in [0.25, 0.3) is 0 Å². The predicted octanol–water partition coefficient (Wildman–Crippen LogP) is -0.428. The molecule has 0 aromatic rings. The van der Waals surface area contributed by atoms with E-state index in [1.165, 1.54) is 0 Å². The third-order valence-corrected chi connectivity index (χ3v) is 2.64. The molecular formula is C10H19NO4. The van der Waals surface area contributed by atoms with Crippen LogP contribution in [0, 0.1) is 5.41 Å². The molecule has 0 bridgehead atoms. The number of ether oxygens (including phenoxy) is 1. The van der Waals surface area contributed by atoms with Gasteiger partial charge in [-0.1, -0.05) is 13.8 Å². The van der Waals surface area contributed by atoms with Gasteiger partial charge in [0.25, 0.3) is 5.91 Å². The summed E-state index contributed by atoms with van der Waals surface area (Å²) in [6.07, 6.45) is -0.0114. The molecule has 1 rings (SSSR count). The highest BCUT2D eigenvalue weighted by Crippen LogP contribution is 2.28. The molecule has 0 radical (unpaired) electrons. The van der Waals surface area contributed by atoms with Crippen molar-refractivity contribution in [3.63, 3.8) is 0 Å². The normalized spacial score (nSPS) is 22.5.